The molecule has 2 aromatic rings. The minimum atomic E-state index is -0.618. The number of rotatable bonds is 8. The first-order valence-electron chi connectivity index (χ1n) is 8.29. The van der Waals surface area contributed by atoms with Crippen molar-refractivity contribution >= 4 is 5.91 Å². The highest BCUT2D eigenvalue weighted by Gasteiger charge is 2.17. The molecule has 0 aliphatic heterocycles. The van der Waals surface area contributed by atoms with E-state index >= 15 is 0 Å². The zero-order chi connectivity index (χ0) is 18.2. The molecule has 5 nitrogen and oxygen atoms in total. The molecular formula is C20H25NO4. The molecule has 1 N–H and O–H groups in total. The second kappa shape index (κ2) is 8.97. The summed E-state index contributed by atoms with van der Waals surface area (Å²) in [6.07, 6.45) is -0.618. The second-order valence-electron chi connectivity index (χ2n) is 5.93. The third kappa shape index (κ3) is 5.71. The van der Waals surface area contributed by atoms with Crippen molar-refractivity contribution in [3.63, 3.8) is 0 Å². The summed E-state index contributed by atoms with van der Waals surface area (Å²) in [5.74, 6) is 1.91. The van der Waals surface area contributed by atoms with Gasteiger partial charge in [0.25, 0.3) is 5.91 Å². The van der Waals surface area contributed by atoms with E-state index in [2.05, 4.69) is 5.32 Å². The lowest BCUT2D eigenvalue weighted by atomic mass is 10.2. The summed E-state index contributed by atoms with van der Waals surface area (Å²) in [5.41, 5.74) is 1.07. The molecule has 0 saturated carbocycles. The summed E-state index contributed by atoms with van der Waals surface area (Å²) >= 11 is 0. The predicted molar refractivity (Wildman–Crippen MR) is 97.4 cm³/mol. The lowest BCUT2D eigenvalue weighted by Crippen LogP contribution is -2.43. The van der Waals surface area contributed by atoms with Crippen LogP contribution in [0.2, 0.25) is 0 Å². The molecule has 2 unspecified atom stereocenters. The first kappa shape index (κ1) is 18.6. The van der Waals surface area contributed by atoms with Gasteiger partial charge in [0.1, 0.15) is 23.9 Å². The van der Waals surface area contributed by atoms with Crippen molar-refractivity contribution in [1.82, 2.24) is 5.32 Å². The monoisotopic (exact) mass is 343 g/mol. The zero-order valence-corrected chi connectivity index (χ0v) is 15.1. The fourth-order valence-corrected chi connectivity index (χ4v) is 2.27. The quantitative estimate of drug-likeness (QED) is 0.798. The van der Waals surface area contributed by atoms with E-state index < -0.39 is 6.10 Å². The van der Waals surface area contributed by atoms with Gasteiger partial charge in [0.05, 0.1) is 13.2 Å². The van der Waals surface area contributed by atoms with Gasteiger partial charge in [-0.05, 0) is 44.5 Å². The van der Waals surface area contributed by atoms with Crippen molar-refractivity contribution in [2.45, 2.75) is 32.9 Å². The molecule has 0 saturated heterocycles. The lowest BCUT2D eigenvalue weighted by Gasteiger charge is -2.19. The van der Waals surface area contributed by atoms with Crippen LogP contribution < -0.4 is 19.5 Å². The first-order chi connectivity index (χ1) is 12.0. The smallest absolute Gasteiger partial charge is 0.261 e. The van der Waals surface area contributed by atoms with Gasteiger partial charge in [-0.2, -0.15) is 0 Å². The summed E-state index contributed by atoms with van der Waals surface area (Å²) in [4.78, 5) is 12.3. The van der Waals surface area contributed by atoms with Gasteiger partial charge < -0.3 is 19.5 Å². The van der Waals surface area contributed by atoms with Crippen LogP contribution >= 0.6 is 0 Å². The van der Waals surface area contributed by atoms with E-state index in [-0.39, 0.29) is 11.9 Å². The molecule has 2 rings (SSSR count). The number of amides is 1. The number of aryl methyl sites for hydroxylation is 1. The Labute approximate surface area is 148 Å². The average Bonchev–Trinajstić information content (AvgIpc) is 2.61. The van der Waals surface area contributed by atoms with E-state index in [9.17, 15) is 4.79 Å². The van der Waals surface area contributed by atoms with Crippen LogP contribution in [0.5, 0.6) is 17.2 Å². The standard InChI is InChI=1S/C20H25NO4/c1-14-8-5-6-11-19(14)24-13-15(2)21-20(22)16(3)25-18-10-7-9-17(12-18)23-4/h5-12,15-16H,13H2,1-4H3,(H,21,22). The molecule has 1 amide bonds. The second-order valence-corrected chi connectivity index (χ2v) is 5.93. The van der Waals surface area contributed by atoms with Gasteiger partial charge in [-0.1, -0.05) is 24.3 Å². The van der Waals surface area contributed by atoms with E-state index in [1.807, 2.05) is 50.2 Å². The van der Waals surface area contributed by atoms with Gasteiger partial charge in [-0.3, -0.25) is 4.79 Å². The van der Waals surface area contributed by atoms with E-state index in [0.717, 1.165) is 11.3 Å². The predicted octanol–water partition coefficient (Wildman–Crippen LogP) is 3.35. The van der Waals surface area contributed by atoms with Crippen molar-refractivity contribution in [2.24, 2.45) is 0 Å². The van der Waals surface area contributed by atoms with Crippen LogP contribution in [0.3, 0.4) is 0 Å². The normalized spacial score (nSPS) is 12.8. The Balaban J connectivity index is 1.82. The number of carbonyl (C=O) groups is 1. The number of para-hydroxylation sites is 1. The van der Waals surface area contributed by atoms with Crippen LogP contribution in [0.25, 0.3) is 0 Å². The van der Waals surface area contributed by atoms with E-state index in [1.54, 1.807) is 26.2 Å². The van der Waals surface area contributed by atoms with Gasteiger partial charge in [0.15, 0.2) is 6.10 Å². The minimum Gasteiger partial charge on any atom is -0.497 e. The number of hydrogen-bond donors (Lipinski definition) is 1. The van der Waals surface area contributed by atoms with Crippen LogP contribution in [0.1, 0.15) is 19.4 Å². The Morgan fingerprint density at radius 1 is 1.08 bits per heavy atom. The molecular weight excluding hydrogens is 318 g/mol. The highest BCUT2D eigenvalue weighted by molar-refractivity contribution is 5.81. The van der Waals surface area contributed by atoms with Gasteiger partial charge in [-0.15, -0.1) is 0 Å². The summed E-state index contributed by atoms with van der Waals surface area (Å²) in [5, 5.41) is 2.90. The highest BCUT2D eigenvalue weighted by Crippen LogP contribution is 2.20. The maximum Gasteiger partial charge on any atom is 0.261 e. The van der Waals surface area contributed by atoms with Crippen LogP contribution in [-0.4, -0.2) is 31.8 Å². The Morgan fingerprint density at radius 2 is 1.80 bits per heavy atom. The number of ether oxygens (including phenoxy) is 3. The number of methoxy groups -OCH3 is 1. The largest absolute Gasteiger partial charge is 0.497 e. The number of carbonyl (C=O) groups excluding carboxylic acids is 1. The van der Waals surface area contributed by atoms with Gasteiger partial charge in [-0.25, -0.2) is 0 Å². The lowest BCUT2D eigenvalue weighted by molar-refractivity contribution is -0.128. The molecule has 5 heteroatoms. The SMILES string of the molecule is COc1cccc(OC(C)C(=O)NC(C)COc2ccccc2C)c1. The molecule has 0 bridgehead atoms. The fraction of sp³-hybridized carbons (Fsp3) is 0.350. The molecule has 0 aliphatic rings. The van der Waals surface area contributed by atoms with E-state index in [4.69, 9.17) is 14.2 Å². The number of hydrogen-bond acceptors (Lipinski definition) is 4. The molecule has 134 valence electrons. The highest BCUT2D eigenvalue weighted by atomic mass is 16.5. The van der Waals surface area contributed by atoms with Crippen LogP contribution in [0.4, 0.5) is 0 Å². The Bertz CT molecular complexity index is 702. The summed E-state index contributed by atoms with van der Waals surface area (Å²) in [6.45, 7) is 5.99. The molecule has 25 heavy (non-hydrogen) atoms. The van der Waals surface area contributed by atoms with Crippen molar-refractivity contribution in [3.05, 3.63) is 54.1 Å². The molecule has 2 aromatic carbocycles. The van der Waals surface area contributed by atoms with Gasteiger partial charge >= 0.3 is 0 Å². The first-order valence-corrected chi connectivity index (χ1v) is 8.29. The average molecular weight is 343 g/mol. The van der Waals surface area contributed by atoms with Gasteiger partial charge in [0.2, 0.25) is 0 Å². The molecule has 0 radical (unpaired) electrons. The maximum absolute atomic E-state index is 12.3. The Morgan fingerprint density at radius 3 is 2.52 bits per heavy atom. The third-order valence-electron chi connectivity index (χ3n) is 3.69. The van der Waals surface area contributed by atoms with Crippen molar-refractivity contribution < 1.29 is 19.0 Å². The number of benzene rings is 2. The fourth-order valence-electron chi connectivity index (χ4n) is 2.27. The minimum absolute atomic E-state index is 0.136. The molecule has 0 aromatic heterocycles. The van der Waals surface area contributed by atoms with E-state index in [0.29, 0.717) is 18.1 Å². The Hall–Kier alpha value is -2.69. The van der Waals surface area contributed by atoms with Crippen molar-refractivity contribution in [2.75, 3.05) is 13.7 Å². The third-order valence-corrected chi connectivity index (χ3v) is 3.69. The topological polar surface area (TPSA) is 56.8 Å². The van der Waals surface area contributed by atoms with Crippen molar-refractivity contribution in [1.29, 1.82) is 0 Å². The van der Waals surface area contributed by atoms with Gasteiger partial charge in [0, 0.05) is 6.07 Å². The van der Waals surface area contributed by atoms with Crippen LogP contribution in [0.15, 0.2) is 48.5 Å². The van der Waals surface area contributed by atoms with Crippen LogP contribution in [0, 0.1) is 6.92 Å². The maximum atomic E-state index is 12.3. The number of nitrogens with one attached hydrogen (secondary N) is 1. The van der Waals surface area contributed by atoms with E-state index in [1.165, 1.54) is 0 Å². The summed E-state index contributed by atoms with van der Waals surface area (Å²) < 4.78 is 16.6. The molecule has 0 fully saturated rings. The molecule has 0 spiro atoms. The molecule has 0 aliphatic carbocycles. The molecule has 0 heterocycles. The Kier molecular flexibility index (Phi) is 6.69. The zero-order valence-electron chi connectivity index (χ0n) is 15.1. The van der Waals surface area contributed by atoms with Crippen LogP contribution in [-0.2, 0) is 4.79 Å². The molecule has 2 atom stereocenters. The summed E-state index contributed by atoms with van der Waals surface area (Å²) in [7, 11) is 1.59. The van der Waals surface area contributed by atoms with Crippen molar-refractivity contribution in [3.8, 4) is 17.2 Å². The summed E-state index contributed by atoms with van der Waals surface area (Å²) in [6, 6.07) is 14.8.